The predicted molar refractivity (Wildman–Crippen MR) is 98.9 cm³/mol. The van der Waals surface area contributed by atoms with Crippen LogP contribution in [0.3, 0.4) is 0 Å². The second-order valence-corrected chi connectivity index (χ2v) is 6.09. The number of carbonyl (C=O) groups excluding carboxylic acids is 1. The number of nitrogens with one attached hydrogen (secondary N) is 1. The van der Waals surface area contributed by atoms with Crippen LogP contribution >= 0.6 is 0 Å². The lowest BCUT2D eigenvalue weighted by atomic mass is 10.1. The highest BCUT2D eigenvalue weighted by molar-refractivity contribution is 5.91. The Morgan fingerprint density at radius 3 is 2.46 bits per heavy atom. The molecule has 0 radical (unpaired) electrons. The van der Waals surface area contributed by atoms with E-state index in [0.29, 0.717) is 18.8 Å². The number of aromatic nitrogens is 2. The lowest BCUT2D eigenvalue weighted by Crippen LogP contribution is -2.31. The number of hydrogen-bond donors (Lipinski definition) is 1. The number of methoxy groups -OCH3 is 1. The maximum absolute atomic E-state index is 12.1. The third kappa shape index (κ3) is 4.84. The highest BCUT2D eigenvalue weighted by Crippen LogP contribution is 2.17. The topological polar surface area (TPSA) is 76.6 Å². The number of carbonyl (C=O) groups is 1. The van der Waals surface area contributed by atoms with E-state index in [4.69, 9.17) is 9.47 Å². The normalized spacial score (nSPS) is 14.0. The van der Waals surface area contributed by atoms with Crippen molar-refractivity contribution in [3.8, 4) is 11.5 Å². The maximum Gasteiger partial charge on any atom is 0.271 e. The first-order valence-electron chi connectivity index (χ1n) is 8.88. The molecule has 0 aliphatic carbocycles. The van der Waals surface area contributed by atoms with Crippen molar-refractivity contribution in [3.05, 3.63) is 42.4 Å². The van der Waals surface area contributed by atoms with Crippen LogP contribution in [0.1, 0.15) is 29.8 Å². The first-order chi connectivity index (χ1) is 12.8. The van der Waals surface area contributed by atoms with Crippen LogP contribution in [0.2, 0.25) is 0 Å². The van der Waals surface area contributed by atoms with Gasteiger partial charge in [-0.1, -0.05) is 0 Å². The van der Waals surface area contributed by atoms with Gasteiger partial charge in [-0.3, -0.25) is 4.79 Å². The number of piperidine rings is 1. The number of amides is 1. The summed E-state index contributed by atoms with van der Waals surface area (Å²) in [6.07, 6.45) is 6.83. The molecule has 1 aromatic heterocycles. The maximum atomic E-state index is 12.1. The van der Waals surface area contributed by atoms with Crippen LogP contribution in [0.4, 0.5) is 5.82 Å². The highest BCUT2D eigenvalue weighted by atomic mass is 16.5. The fraction of sp³-hybridized carbons (Fsp3) is 0.421. The number of hydrogen-bond acceptors (Lipinski definition) is 6. The predicted octanol–water partition coefficient (Wildman–Crippen LogP) is 2.28. The van der Waals surface area contributed by atoms with E-state index in [1.165, 1.54) is 25.5 Å². The van der Waals surface area contributed by atoms with Crippen LogP contribution in [0.25, 0.3) is 0 Å². The van der Waals surface area contributed by atoms with Gasteiger partial charge in [0.25, 0.3) is 5.91 Å². The van der Waals surface area contributed by atoms with Crippen LogP contribution in [0, 0.1) is 0 Å². The van der Waals surface area contributed by atoms with E-state index in [1.807, 2.05) is 24.3 Å². The summed E-state index contributed by atoms with van der Waals surface area (Å²) in [7, 11) is 1.62. The number of nitrogens with zero attached hydrogens (tertiary/aromatic N) is 3. The van der Waals surface area contributed by atoms with Gasteiger partial charge in [0.1, 0.15) is 29.6 Å². The molecule has 2 heterocycles. The van der Waals surface area contributed by atoms with Crippen molar-refractivity contribution in [2.45, 2.75) is 19.3 Å². The Bertz CT molecular complexity index is 698. The van der Waals surface area contributed by atoms with Gasteiger partial charge in [0.05, 0.1) is 26.0 Å². The fourth-order valence-electron chi connectivity index (χ4n) is 2.82. The number of anilines is 1. The van der Waals surface area contributed by atoms with E-state index < -0.39 is 0 Å². The van der Waals surface area contributed by atoms with Crippen molar-refractivity contribution in [2.24, 2.45) is 0 Å². The van der Waals surface area contributed by atoms with Gasteiger partial charge in [0.2, 0.25) is 0 Å². The lowest BCUT2D eigenvalue weighted by molar-refractivity contribution is 0.0941. The monoisotopic (exact) mass is 356 g/mol. The Labute approximate surface area is 153 Å². The summed E-state index contributed by atoms with van der Waals surface area (Å²) in [5.74, 6) is 2.09. The van der Waals surface area contributed by atoms with Crippen LogP contribution < -0.4 is 19.7 Å². The van der Waals surface area contributed by atoms with E-state index in [1.54, 1.807) is 13.3 Å². The average molecular weight is 356 g/mol. The molecule has 1 fully saturated rings. The summed E-state index contributed by atoms with van der Waals surface area (Å²) in [6, 6.07) is 7.30. The van der Waals surface area contributed by atoms with E-state index in [-0.39, 0.29) is 5.91 Å². The SMILES string of the molecule is COc1ccc(OCCNC(=O)c2cnc(N3CCCCC3)cn2)cc1. The second kappa shape index (κ2) is 9.03. The highest BCUT2D eigenvalue weighted by Gasteiger charge is 2.14. The van der Waals surface area contributed by atoms with Crippen LogP contribution in [-0.2, 0) is 0 Å². The molecule has 1 saturated heterocycles. The minimum absolute atomic E-state index is 0.249. The van der Waals surface area contributed by atoms with E-state index in [0.717, 1.165) is 30.4 Å². The molecular formula is C19H24N4O3. The molecule has 3 rings (SSSR count). The third-order valence-corrected chi connectivity index (χ3v) is 4.27. The molecule has 2 aromatic rings. The summed E-state index contributed by atoms with van der Waals surface area (Å²) in [5.41, 5.74) is 0.315. The number of ether oxygens (including phenoxy) is 2. The molecule has 0 atom stereocenters. The largest absolute Gasteiger partial charge is 0.497 e. The van der Waals surface area contributed by atoms with Crippen LogP contribution in [-0.4, -0.2) is 49.2 Å². The molecule has 0 saturated carbocycles. The Kier molecular flexibility index (Phi) is 6.24. The van der Waals surface area contributed by atoms with Crippen molar-refractivity contribution < 1.29 is 14.3 Å². The molecule has 26 heavy (non-hydrogen) atoms. The molecule has 1 N–H and O–H groups in total. The summed E-state index contributed by atoms with van der Waals surface area (Å²) in [5, 5.41) is 2.79. The molecule has 1 aliphatic rings. The van der Waals surface area contributed by atoms with Gasteiger partial charge < -0.3 is 19.7 Å². The van der Waals surface area contributed by atoms with Crippen LogP contribution in [0.5, 0.6) is 11.5 Å². The number of benzene rings is 1. The summed E-state index contributed by atoms with van der Waals surface area (Å²) >= 11 is 0. The lowest BCUT2D eigenvalue weighted by Gasteiger charge is -2.27. The van der Waals surface area contributed by atoms with E-state index >= 15 is 0 Å². The molecule has 1 amide bonds. The van der Waals surface area contributed by atoms with Crippen molar-refractivity contribution in [2.75, 3.05) is 38.3 Å². The minimum Gasteiger partial charge on any atom is -0.497 e. The van der Waals surface area contributed by atoms with Crippen molar-refractivity contribution >= 4 is 11.7 Å². The molecule has 1 aliphatic heterocycles. The first kappa shape index (κ1) is 18.0. The van der Waals surface area contributed by atoms with Crippen molar-refractivity contribution in [1.29, 1.82) is 0 Å². The van der Waals surface area contributed by atoms with E-state index in [9.17, 15) is 4.79 Å². The molecular weight excluding hydrogens is 332 g/mol. The second-order valence-electron chi connectivity index (χ2n) is 6.09. The van der Waals surface area contributed by atoms with E-state index in [2.05, 4.69) is 20.2 Å². The molecule has 138 valence electrons. The van der Waals surface area contributed by atoms with Gasteiger partial charge in [0.15, 0.2) is 0 Å². The van der Waals surface area contributed by atoms with Crippen molar-refractivity contribution in [3.63, 3.8) is 0 Å². The van der Waals surface area contributed by atoms with Crippen molar-refractivity contribution in [1.82, 2.24) is 15.3 Å². The minimum atomic E-state index is -0.249. The van der Waals surface area contributed by atoms with Gasteiger partial charge in [-0.25, -0.2) is 9.97 Å². The van der Waals surface area contributed by atoms with Crippen LogP contribution in [0.15, 0.2) is 36.7 Å². The van der Waals surface area contributed by atoms with Gasteiger partial charge in [-0.05, 0) is 43.5 Å². The molecule has 1 aromatic carbocycles. The number of rotatable bonds is 7. The standard InChI is InChI=1S/C19H24N4O3/c1-25-15-5-7-16(8-6-15)26-12-9-20-19(24)17-13-22-18(14-21-17)23-10-3-2-4-11-23/h5-8,13-14H,2-4,9-12H2,1H3,(H,20,24). The van der Waals surface area contributed by atoms with Gasteiger partial charge in [-0.15, -0.1) is 0 Å². The Morgan fingerprint density at radius 1 is 1.08 bits per heavy atom. The zero-order valence-electron chi connectivity index (χ0n) is 15.0. The first-order valence-corrected chi connectivity index (χ1v) is 8.88. The van der Waals surface area contributed by atoms with Gasteiger partial charge in [0, 0.05) is 13.1 Å². The summed E-state index contributed by atoms with van der Waals surface area (Å²) in [6.45, 7) is 2.77. The molecule has 7 heteroatoms. The quantitative estimate of drug-likeness (QED) is 0.767. The Balaban J connectivity index is 1.42. The Morgan fingerprint density at radius 2 is 1.81 bits per heavy atom. The molecule has 0 bridgehead atoms. The molecule has 0 unspecified atom stereocenters. The Hall–Kier alpha value is -2.83. The zero-order valence-corrected chi connectivity index (χ0v) is 15.0. The smallest absolute Gasteiger partial charge is 0.271 e. The van der Waals surface area contributed by atoms with Gasteiger partial charge >= 0.3 is 0 Å². The molecule has 7 nitrogen and oxygen atoms in total. The summed E-state index contributed by atoms with van der Waals surface area (Å²) < 4.78 is 10.7. The average Bonchev–Trinajstić information content (AvgIpc) is 2.72. The fourth-order valence-corrected chi connectivity index (χ4v) is 2.82. The molecule has 0 spiro atoms. The third-order valence-electron chi connectivity index (χ3n) is 4.27. The zero-order chi connectivity index (χ0) is 18.2. The summed E-state index contributed by atoms with van der Waals surface area (Å²) in [4.78, 5) is 23.0. The van der Waals surface area contributed by atoms with Gasteiger partial charge in [-0.2, -0.15) is 0 Å².